The first-order valence-electron chi connectivity index (χ1n) is 8.54. The second kappa shape index (κ2) is 7.00. The van der Waals surface area contributed by atoms with Gasteiger partial charge in [-0.2, -0.15) is 0 Å². The molecule has 3 nitrogen and oxygen atoms in total. The van der Waals surface area contributed by atoms with E-state index in [0.717, 1.165) is 28.2 Å². The number of aryl methyl sites for hydroxylation is 1. The van der Waals surface area contributed by atoms with Crippen molar-refractivity contribution in [1.82, 2.24) is 4.98 Å². The van der Waals surface area contributed by atoms with E-state index in [1.165, 1.54) is 17.7 Å². The summed E-state index contributed by atoms with van der Waals surface area (Å²) in [5, 5.41) is 2.85. The highest BCUT2D eigenvalue weighted by Crippen LogP contribution is 2.48. The van der Waals surface area contributed by atoms with Gasteiger partial charge in [-0.3, -0.25) is 4.79 Å². The molecule has 0 aliphatic heterocycles. The molecule has 0 spiro atoms. The van der Waals surface area contributed by atoms with Crippen LogP contribution in [0.3, 0.4) is 0 Å². The fourth-order valence-corrected chi connectivity index (χ4v) is 3.80. The molecule has 0 radical (unpaired) electrons. The Labute approximate surface area is 155 Å². The van der Waals surface area contributed by atoms with Crippen LogP contribution in [0.25, 0.3) is 10.6 Å². The van der Waals surface area contributed by atoms with Crippen LogP contribution < -0.4 is 0 Å². The van der Waals surface area contributed by atoms with Gasteiger partial charge in [0, 0.05) is 10.9 Å². The number of nitrogens with zero attached hydrogens (tertiary/aromatic N) is 1. The highest BCUT2D eigenvalue weighted by atomic mass is 32.1. The van der Waals surface area contributed by atoms with E-state index in [4.69, 9.17) is 4.74 Å². The van der Waals surface area contributed by atoms with E-state index in [1.807, 2.05) is 24.4 Å². The largest absolute Gasteiger partial charge is 0.459 e. The van der Waals surface area contributed by atoms with Crippen LogP contribution in [0.5, 0.6) is 0 Å². The number of ether oxygens (including phenoxy) is 1. The molecule has 3 aromatic rings. The molecule has 132 valence electrons. The number of carbonyl (C=O) groups excluding carboxylic acids is 1. The highest BCUT2D eigenvalue weighted by Gasteiger charge is 2.45. The number of thiazole rings is 1. The fraction of sp³-hybridized carbons (Fsp3) is 0.238. The molecule has 1 aromatic heterocycles. The Bertz CT molecular complexity index is 918. The minimum absolute atomic E-state index is 0.129. The smallest absolute Gasteiger partial charge is 0.309 e. The van der Waals surface area contributed by atoms with Gasteiger partial charge in [-0.05, 0) is 37.0 Å². The average molecular weight is 367 g/mol. The summed E-state index contributed by atoms with van der Waals surface area (Å²) in [7, 11) is 0. The molecule has 1 fully saturated rings. The Balaban J connectivity index is 1.33. The maximum absolute atomic E-state index is 13.0. The predicted molar refractivity (Wildman–Crippen MR) is 99.3 cm³/mol. The molecule has 0 bridgehead atoms. The van der Waals surface area contributed by atoms with Crippen molar-refractivity contribution >= 4 is 17.3 Å². The zero-order chi connectivity index (χ0) is 18.1. The zero-order valence-electron chi connectivity index (χ0n) is 14.3. The van der Waals surface area contributed by atoms with E-state index in [1.54, 1.807) is 23.5 Å². The number of hydrogen-bond acceptors (Lipinski definition) is 4. The molecular weight excluding hydrogens is 349 g/mol. The van der Waals surface area contributed by atoms with Gasteiger partial charge in [0.15, 0.2) is 0 Å². The third kappa shape index (κ3) is 3.68. The van der Waals surface area contributed by atoms with Gasteiger partial charge >= 0.3 is 5.97 Å². The van der Waals surface area contributed by atoms with Gasteiger partial charge in [0.05, 0.1) is 11.6 Å². The van der Waals surface area contributed by atoms with E-state index in [9.17, 15) is 9.18 Å². The summed E-state index contributed by atoms with van der Waals surface area (Å²) in [6, 6.07) is 14.5. The lowest BCUT2D eigenvalue weighted by Gasteiger charge is -2.03. The number of carbonyl (C=O) groups is 1. The summed E-state index contributed by atoms with van der Waals surface area (Å²) in [6.45, 7) is 2.24. The van der Waals surface area contributed by atoms with Gasteiger partial charge in [-0.25, -0.2) is 9.37 Å². The summed E-state index contributed by atoms with van der Waals surface area (Å²) < 4.78 is 18.4. The van der Waals surface area contributed by atoms with Gasteiger partial charge < -0.3 is 4.74 Å². The minimum atomic E-state index is -0.263. The summed E-state index contributed by atoms with van der Waals surface area (Å²) >= 11 is 1.55. The highest BCUT2D eigenvalue weighted by molar-refractivity contribution is 7.13. The molecule has 2 unspecified atom stereocenters. The van der Waals surface area contributed by atoms with Crippen molar-refractivity contribution in [1.29, 1.82) is 0 Å². The van der Waals surface area contributed by atoms with Crippen molar-refractivity contribution in [2.75, 3.05) is 0 Å². The fourth-order valence-electron chi connectivity index (χ4n) is 2.99. The number of halogens is 1. The maximum atomic E-state index is 13.0. The minimum Gasteiger partial charge on any atom is -0.459 e. The van der Waals surface area contributed by atoms with Gasteiger partial charge in [0.2, 0.25) is 0 Å². The van der Waals surface area contributed by atoms with Gasteiger partial charge in [0.1, 0.15) is 17.4 Å². The van der Waals surface area contributed by atoms with Crippen LogP contribution in [-0.4, -0.2) is 11.0 Å². The van der Waals surface area contributed by atoms with Crippen molar-refractivity contribution in [3.63, 3.8) is 0 Å². The van der Waals surface area contributed by atoms with Crippen molar-refractivity contribution in [3.05, 3.63) is 76.5 Å². The maximum Gasteiger partial charge on any atom is 0.309 e. The van der Waals surface area contributed by atoms with E-state index in [-0.39, 0.29) is 30.2 Å². The molecule has 5 heteroatoms. The quantitative estimate of drug-likeness (QED) is 0.589. The monoisotopic (exact) mass is 367 g/mol. The van der Waals surface area contributed by atoms with Crippen LogP contribution in [0.2, 0.25) is 0 Å². The first-order chi connectivity index (χ1) is 12.6. The number of esters is 1. The third-order valence-electron chi connectivity index (χ3n) is 4.60. The summed E-state index contributed by atoms with van der Waals surface area (Å²) in [4.78, 5) is 16.8. The topological polar surface area (TPSA) is 39.2 Å². The number of benzene rings is 2. The van der Waals surface area contributed by atoms with Crippen LogP contribution in [0, 0.1) is 18.7 Å². The van der Waals surface area contributed by atoms with E-state index >= 15 is 0 Å². The van der Waals surface area contributed by atoms with Crippen molar-refractivity contribution < 1.29 is 13.9 Å². The Morgan fingerprint density at radius 2 is 1.92 bits per heavy atom. The first-order valence-corrected chi connectivity index (χ1v) is 9.41. The first kappa shape index (κ1) is 16.9. The molecule has 0 saturated heterocycles. The molecule has 4 rings (SSSR count). The lowest BCUT2D eigenvalue weighted by atomic mass is 10.1. The zero-order valence-corrected chi connectivity index (χ0v) is 15.1. The Morgan fingerprint density at radius 3 is 2.65 bits per heavy atom. The molecule has 26 heavy (non-hydrogen) atoms. The van der Waals surface area contributed by atoms with Crippen LogP contribution in [-0.2, 0) is 16.1 Å². The second-order valence-electron chi connectivity index (χ2n) is 6.62. The van der Waals surface area contributed by atoms with E-state index in [0.29, 0.717) is 0 Å². The Morgan fingerprint density at radius 1 is 1.19 bits per heavy atom. The Hall–Kier alpha value is -2.53. The summed E-state index contributed by atoms with van der Waals surface area (Å²) in [5.74, 6) is -0.456. The standard InChI is InChI=1S/C21H18FNO2S/c1-13-2-4-15(5-3-13)20-23-17(12-26-20)11-25-21(24)19-10-18(19)14-6-8-16(22)9-7-14/h2-9,12,18-19H,10-11H2,1H3. The summed E-state index contributed by atoms with van der Waals surface area (Å²) in [5.41, 5.74) is 4.03. The molecule has 1 saturated carbocycles. The lowest BCUT2D eigenvalue weighted by molar-refractivity contribution is -0.146. The molecular formula is C21H18FNO2S. The molecule has 1 aliphatic carbocycles. The van der Waals surface area contributed by atoms with E-state index in [2.05, 4.69) is 17.1 Å². The SMILES string of the molecule is Cc1ccc(-c2nc(COC(=O)C3CC3c3ccc(F)cc3)cs2)cc1. The van der Waals surface area contributed by atoms with Crippen molar-refractivity contribution in [2.24, 2.45) is 5.92 Å². The molecule has 0 N–H and O–H groups in total. The van der Waals surface area contributed by atoms with Gasteiger partial charge in [-0.15, -0.1) is 11.3 Å². The molecule has 0 amide bonds. The van der Waals surface area contributed by atoms with Crippen molar-refractivity contribution in [2.45, 2.75) is 25.9 Å². The summed E-state index contributed by atoms with van der Waals surface area (Å²) in [6.07, 6.45) is 0.760. The average Bonchev–Trinajstić information content (AvgIpc) is 3.31. The third-order valence-corrected chi connectivity index (χ3v) is 5.54. The van der Waals surface area contributed by atoms with E-state index < -0.39 is 0 Å². The van der Waals surface area contributed by atoms with Crippen LogP contribution in [0.15, 0.2) is 53.9 Å². The number of hydrogen-bond donors (Lipinski definition) is 0. The van der Waals surface area contributed by atoms with Crippen LogP contribution in [0.4, 0.5) is 4.39 Å². The van der Waals surface area contributed by atoms with Crippen LogP contribution in [0.1, 0.15) is 29.2 Å². The molecule has 1 aliphatic rings. The van der Waals surface area contributed by atoms with Gasteiger partial charge in [-0.1, -0.05) is 42.0 Å². The van der Waals surface area contributed by atoms with Crippen LogP contribution >= 0.6 is 11.3 Å². The molecule has 2 atom stereocenters. The predicted octanol–water partition coefficient (Wildman–Crippen LogP) is 5.10. The van der Waals surface area contributed by atoms with Gasteiger partial charge in [0.25, 0.3) is 0 Å². The second-order valence-corrected chi connectivity index (χ2v) is 7.48. The van der Waals surface area contributed by atoms with Crippen molar-refractivity contribution in [3.8, 4) is 10.6 Å². The molecule has 1 heterocycles. The number of aromatic nitrogens is 1. The normalized spacial score (nSPS) is 18.5. The molecule has 2 aromatic carbocycles. The Kier molecular flexibility index (Phi) is 4.55. The lowest BCUT2D eigenvalue weighted by Crippen LogP contribution is -2.08. The number of rotatable bonds is 5.